The number of anilines is 1. The van der Waals surface area contributed by atoms with Crippen LogP contribution < -0.4 is 15.9 Å². The fourth-order valence-electron chi connectivity index (χ4n) is 6.31. The first kappa shape index (κ1) is 29.6. The second-order valence-corrected chi connectivity index (χ2v) is 11.7. The number of nitrogens with zero attached hydrogens (tertiary/aromatic N) is 6. The van der Waals surface area contributed by atoms with Gasteiger partial charge in [0.2, 0.25) is 5.91 Å². The first-order valence-corrected chi connectivity index (χ1v) is 15.0. The third kappa shape index (κ3) is 5.15. The Labute approximate surface area is 254 Å². The molecule has 0 radical (unpaired) electrons. The maximum absolute atomic E-state index is 16.2. The van der Waals surface area contributed by atoms with Gasteiger partial charge in [0.15, 0.2) is 5.65 Å². The first-order chi connectivity index (χ1) is 21.2. The largest absolute Gasteiger partial charge is 0.355 e. The highest BCUT2D eigenvalue weighted by atomic mass is 19.1. The SMILES string of the molecule is C=CC(=O)N1CCN(c2nc(=O)n3c4nc(c(F)cc24)-c2c(F)cccc2CNCCCc2ccnc(C(C)C)c2-3)[C@@H](C)C1. The zero-order valence-corrected chi connectivity index (χ0v) is 25.1. The van der Waals surface area contributed by atoms with Gasteiger partial charge < -0.3 is 15.1 Å². The van der Waals surface area contributed by atoms with Crippen molar-refractivity contribution in [2.24, 2.45) is 0 Å². The Morgan fingerprint density at radius 3 is 2.70 bits per heavy atom. The van der Waals surface area contributed by atoms with Crippen LogP contribution in [0.15, 0.2) is 54.0 Å². The molecule has 0 aliphatic carbocycles. The average molecular weight is 600 g/mol. The molecule has 1 aromatic carbocycles. The summed E-state index contributed by atoms with van der Waals surface area (Å²) >= 11 is 0. The van der Waals surface area contributed by atoms with E-state index in [1.165, 1.54) is 22.8 Å². The smallest absolute Gasteiger partial charge is 0.350 e. The topological polar surface area (TPSA) is 96.3 Å². The molecule has 6 rings (SSSR count). The predicted octanol–water partition coefficient (Wildman–Crippen LogP) is 4.50. The number of pyridine rings is 2. The van der Waals surface area contributed by atoms with Crippen LogP contribution in [0.1, 0.15) is 49.9 Å². The van der Waals surface area contributed by atoms with Crippen LogP contribution in [-0.4, -0.2) is 62.5 Å². The molecule has 1 amide bonds. The Morgan fingerprint density at radius 2 is 1.95 bits per heavy atom. The lowest BCUT2D eigenvalue weighted by molar-refractivity contribution is -0.126. The van der Waals surface area contributed by atoms with Crippen molar-refractivity contribution in [3.05, 3.63) is 88.1 Å². The van der Waals surface area contributed by atoms with Gasteiger partial charge in [-0.2, -0.15) is 4.98 Å². The van der Waals surface area contributed by atoms with Gasteiger partial charge in [0.1, 0.15) is 23.1 Å². The standard InChI is InChI=1S/C33H35F2N7O2/c1-5-26(43)40-14-15-41(20(4)18-40)31-23-16-25(35)29-27-22(8-6-10-24(27)34)17-36-12-7-9-21-11-13-37-28(19(2)3)30(21)42(32(23)38-29)33(44)39-31/h5-6,8,10-11,13,16,19-20,36H,1,7,9,12,14-15,17-18H2,2-4H3/t20-/m0/s1. The Bertz CT molecular complexity index is 1840. The molecule has 11 heteroatoms. The number of fused-ring (bicyclic) bond motifs is 5. The van der Waals surface area contributed by atoms with Gasteiger partial charge >= 0.3 is 5.69 Å². The van der Waals surface area contributed by atoms with Crippen molar-refractivity contribution in [3.63, 3.8) is 0 Å². The van der Waals surface area contributed by atoms with Gasteiger partial charge in [0, 0.05) is 44.0 Å². The van der Waals surface area contributed by atoms with Crippen LogP contribution in [0.4, 0.5) is 14.6 Å². The van der Waals surface area contributed by atoms with Crippen LogP contribution in [0, 0.1) is 11.6 Å². The lowest BCUT2D eigenvalue weighted by Gasteiger charge is -2.40. The monoisotopic (exact) mass is 599 g/mol. The predicted molar refractivity (Wildman–Crippen MR) is 166 cm³/mol. The molecule has 1 saturated heterocycles. The van der Waals surface area contributed by atoms with Gasteiger partial charge in [-0.25, -0.2) is 23.1 Å². The fourth-order valence-corrected chi connectivity index (χ4v) is 6.31. The molecule has 4 aromatic rings. The van der Waals surface area contributed by atoms with E-state index in [2.05, 4.69) is 21.9 Å². The molecule has 9 nitrogen and oxygen atoms in total. The van der Waals surface area contributed by atoms with Crippen molar-refractivity contribution in [2.45, 2.75) is 52.1 Å². The molecule has 0 saturated carbocycles. The van der Waals surface area contributed by atoms with Gasteiger partial charge in [-0.05, 0) is 67.6 Å². The number of nitrogens with one attached hydrogen (secondary N) is 1. The first-order valence-electron chi connectivity index (χ1n) is 15.0. The van der Waals surface area contributed by atoms with Crippen molar-refractivity contribution < 1.29 is 13.6 Å². The number of rotatable bonds is 3. The number of hydrogen-bond donors (Lipinski definition) is 1. The summed E-state index contributed by atoms with van der Waals surface area (Å²) in [5.74, 6) is -1.28. The molecule has 1 N–H and O–H groups in total. The molecule has 228 valence electrons. The van der Waals surface area contributed by atoms with Crippen LogP contribution >= 0.6 is 0 Å². The summed E-state index contributed by atoms with van der Waals surface area (Å²) in [6, 6.07) is 7.60. The van der Waals surface area contributed by atoms with Crippen LogP contribution in [-0.2, 0) is 17.8 Å². The molecular weight excluding hydrogens is 564 g/mol. The summed E-state index contributed by atoms with van der Waals surface area (Å²) in [4.78, 5) is 44.1. The van der Waals surface area contributed by atoms with E-state index in [0.29, 0.717) is 61.5 Å². The van der Waals surface area contributed by atoms with Crippen molar-refractivity contribution in [3.8, 4) is 16.9 Å². The number of aromatic nitrogens is 4. The lowest BCUT2D eigenvalue weighted by atomic mass is 10.0. The van der Waals surface area contributed by atoms with E-state index in [1.54, 1.807) is 23.2 Å². The molecule has 44 heavy (non-hydrogen) atoms. The molecule has 2 bridgehead atoms. The molecule has 5 heterocycles. The second kappa shape index (κ2) is 11.9. The number of aryl methyl sites for hydroxylation is 1. The number of benzene rings is 1. The highest BCUT2D eigenvalue weighted by Gasteiger charge is 2.31. The number of halogens is 2. The van der Waals surface area contributed by atoms with E-state index in [9.17, 15) is 9.59 Å². The number of carbonyl (C=O) groups is 1. The highest BCUT2D eigenvalue weighted by molar-refractivity contribution is 5.91. The van der Waals surface area contributed by atoms with Crippen molar-refractivity contribution in [1.82, 2.24) is 29.7 Å². The molecule has 1 fully saturated rings. The Hall–Kier alpha value is -4.51. The number of hydrogen-bond acceptors (Lipinski definition) is 7. The molecule has 3 aromatic heterocycles. The van der Waals surface area contributed by atoms with E-state index >= 15 is 8.78 Å². The Morgan fingerprint density at radius 1 is 1.14 bits per heavy atom. The zero-order chi connectivity index (χ0) is 31.1. The van der Waals surface area contributed by atoms with E-state index in [0.717, 1.165) is 12.0 Å². The van der Waals surface area contributed by atoms with E-state index < -0.39 is 17.3 Å². The molecular formula is C33H35F2N7O2. The third-order valence-electron chi connectivity index (χ3n) is 8.45. The van der Waals surface area contributed by atoms with Crippen LogP contribution in [0.3, 0.4) is 0 Å². The molecule has 2 aliphatic rings. The molecule has 2 aliphatic heterocycles. The Balaban J connectivity index is 1.68. The zero-order valence-electron chi connectivity index (χ0n) is 25.1. The lowest BCUT2D eigenvalue weighted by Crippen LogP contribution is -2.54. The minimum absolute atomic E-state index is 0.0472. The van der Waals surface area contributed by atoms with Gasteiger partial charge in [0.25, 0.3) is 0 Å². The van der Waals surface area contributed by atoms with Gasteiger partial charge in [-0.3, -0.25) is 9.78 Å². The van der Waals surface area contributed by atoms with Crippen LogP contribution in [0.2, 0.25) is 0 Å². The maximum atomic E-state index is 16.2. The second-order valence-electron chi connectivity index (χ2n) is 11.7. The van der Waals surface area contributed by atoms with Gasteiger partial charge in [0.05, 0.1) is 16.8 Å². The fraction of sp³-hybridized carbons (Fsp3) is 0.364. The van der Waals surface area contributed by atoms with E-state index in [4.69, 9.17) is 4.98 Å². The minimum atomic E-state index is -0.726. The normalized spacial score (nSPS) is 17.1. The molecule has 0 unspecified atom stereocenters. The van der Waals surface area contributed by atoms with Crippen molar-refractivity contribution in [2.75, 3.05) is 31.1 Å². The number of amides is 1. The van der Waals surface area contributed by atoms with Gasteiger partial charge in [-0.15, -0.1) is 0 Å². The summed E-state index contributed by atoms with van der Waals surface area (Å²) < 4.78 is 33.1. The van der Waals surface area contributed by atoms with Crippen molar-refractivity contribution >= 4 is 22.8 Å². The summed E-state index contributed by atoms with van der Waals surface area (Å²) in [6.07, 6.45) is 4.40. The number of carbonyl (C=O) groups excluding carboxylic acids is 1. The summed E-state index contributed by atoms with van der Waals surface area (Å²) in [7, 11) is 0. The molecule has 1 atom stereocenters. The van der Waals surface area contributed by atoms with E-state index in [1.807, 2.05) is 31.7 Å². The van der Waals surface area contributed by atoms with Crippen molar-refractivity contribution in [1.29, 1.82) is 0 Å². The minimum Gasteiger partial charge on any atom is -0.350 e. The highest BCUT2D eigenvalue weighted by Crippen LogP contribution is 2.35. The average Bonchev–Trinajstić information content (AvgIpc) is 3.01. The van der Waals surface area contributed by atoms with Crippen LogP contribution in [0.5, 0.6) is 0 Å². The third-order valence-corrected chi connectivity index (χ3v) is 8.45. The summed E-state index contributed by atoms with van der Waals surface area (Å²) in [6.45, 7) is 11.6. The van der Waals surface area contributed by atoms with E-state index in [-0.39, 0.29) is 40.6 Å². The number of piperazine rings is 1. The summed E-state index contributed by atoms with van der Waals surface area (Å²) in [5, 5.41) is 3.67. The Kier molecular flexibility index (Phi) is 7.98. The van der Waals surface area contributed by atoms with Gasteiger partial charge in [-0.1, -0.05) is 32.6 Å². The maximum Gasteiger partial charge on any atom is 0.355 e. The quantitative estimate of drug-likeness (QED) is 0.347. The summed E-state index contributed by atoms with van der Waals surface area (Å²) in [5.41, 5.74) is 2.18. The molecule has 0 spiro atoms. The van der Waals surface area contributed by atoms with Crippen LogP contribution in [0.25, 0.3) is 28.0 Å².